The normalized spacial score (nSPS) is 12.0. The molecule has 21 heavy (non-hydrogen) atoms. The predicted molar refractivity (Wildman–Crippen MR) is 89.0 cm³/mol. The number of rotatable bonds is 6. The molecule has 0 saturated heterocycles. The van der Waals surface area contributed by atoms with Crippen LogP contribution in [0.1, 0.15) is 23.6 Å². The lowest BCUT2D eigenvalue weighted by Crippen LogP contribution is -2.23. The predicted octanol–water partition coefficient (Wildman–Crippen LogP) is 3.53. The van der Waals surface area contributed by atoms with E-state index in [0.29, 0.717) is 0 Å². The highest BCUT2D eigenvalue weighted by Gasteiger charge is 2.08. The Morgan fingerprint density at radius 2 is 1.86 bits per heavy atom. The number of nitrogens with zero attached hydrogens (tertiary/aromatic N) is 1. The van der Waals surface area contributed by atoms with Crippen LogP contribution in [0.5, 0.6) is 5.75 Å². The summed E-state index contributed by atoms with van der Waals surface area (Å²) >= 11 is 0. The second-order valence-electron chi connectivity index (χ2n) is 5.43. The van der Waals surface area contributed by atoms with Gasteiger partial charge in [0.2, 0.25) is 0 Å². The largest absolute Gasteiger partial charge is 0.497 e. The third-order valence-electron chi connectivity index (χ3n) is 3.78. The van der Waals surface area contributed by atoms with Crippen molar-refractivity contribution in [3.63, 3.8) is 0 Å². The summed E-state index contributed by atoms with van der Waals surface area (Å²) in [5.74, 6) is 0.877. The summed E-state index contributed by atoms with van der Waals surface area (Å²) in [7, 11) is 3.77. The van der Waals surface area contributed by atoms with Crippen molar-refractivity contribution in [1.82, 2.24) is 0 Å². The van der Waals surface area contributed by atoms with Gasteiger partial charge >= 0.3 is 0 Å². The summed E-state index contributed by atoms with van der Waals surface area (Å²) in [4.78, 5) is 2.20. The molecule has 2 aromatic rings. The molecule has 3 heteroatoms. The minimum Gasteiger partial charge on any atom is -0.497 e. The Bertz CT molecular complexity index is 566. The van der Waals surface area contributed by atoms with Crippen molar-refractivity contribution in [2.75, 3.05) is 25.6 Å². The molecular formula is C18H24N2O. The molecule has 3 nitrogen and oxygen atoms in total. The second-order valence-corrected chi connectivity index (χ2v) is 5.43. The first-order chi connectivity index (χ1) is 10.1. The number of anilines is 1. The maximum Gasteiger partial charge on any atom is 0.120 e. The lowest BCUT2D eigenvalue weighted by Gasteiger charge is -2.22. The van der Waals surface area contributed by atoms with E-state index in [9.17, 15) is 0 Å². The van der Waals surface area contributed by atoms with Crippen LogP contribution in [0.15, 0.2) is 48.5 Å². The van der Waals surface area contributed by atoms with Gasteiger partial charge in [-0.25, -0.2) is 0 Å². The lowest BCUT2D eigenvalue weighted by molar-refractivity contribution is 0.415. The molecule has 2 aromatic carbocycles. The van der Waals surface area contributed by atoms with Gasteiger partial charge in [0, 0.05) is 31.4 Å². The van der Waals surface area contributed by atoms with Gasteiger partial charge in [-0.3, -0.25) is 0 Å². The number of hydrogen-bond donors (Lipinski definition) is 1. The maximum atomic E-state index is 6.28. The molecule has 0 heterocycles. The average molecular weight is 284 g/mol. The van der Waals surface area contributed by atoms with Crippen LogP contribution in [0.25, 0.3) is 0 Å². The van der Waals surface area contributed by atoms with E-state index >= 15 is 0 Å². The molecule has 0 aliphatic heterocycles. The van der Waals surface area contributed by atoms with Crippen molar-refractivity contribution in [3.8, 4) is 5.75 Å². The van der Waals surface area contributed by atoms with E-state index < -0.39 is 0 Å². The maximum absolute atomic E-state index is 6.28. The minimum absolute atomic E-state index is 0.0682. The number of aryl methyl sites for hydroxylation is 1. The molecule has 0 bridgehead atoms. The standard InChI is InChI=1S/C18H24N2O/c1-14-7-9-15(10-8-14)18(19)11-12-20(2)16-5-4-6-17(13-16)21-3/h4-10,13,18H,11-12,19H2,1-3H3. The van der Waals surface area contributed by atoms with Gasteiger partial charge in [-0.05, 0) is 31.0 Å². The molecule has 0 aliphatic rings. The van der Waals surface area contributed by atoms with Crippen molar-refractivity contribution in [1.29, 1.82) is 0 Å². The molecule has 0 saturated carbocycles. The van der Waals surface area contributed by atoms with Crippen molar-refractivity contribution < 1.29 is 4.74 Å². The van der Waals surface area contributed by atoms with E-state index in [0.717, 1.165) is 24.4 Å². The van der Waals surface area contributed by atoms with Gasteiger partial charge < -0.3 is 15.4 Å². The van der Waals surface area contributed by atoms with Gasteiger partial charge in [-0.1, -0.05) is 35.9 Å². The Balaban J connectivity index is 1.93. The van der Waals surface area contributed by atoms with Crippen molar-refractivity contribution in [3.05, 3.63) is 59.7 Å². The van der Waals surface area contributed by atoms with Crippen LogP contribution in [0.3, 0.4) is 0 Å². The first-order valence-corrected chi connectivity index (χ1v) is 7.27. The smallest absolute Gasteiger partial charge is 0.120 e. The highest BCUT2D eigenvalue weighted by Crippen LogP contribution is 2.21. The SMILES string of the molecule is COc1cccc(N(C)CCC(N)c2ccc(C)cc2)c1. The average Bonchev–Trinajstić information content (AvgIpc) is 2.53. The number of methoxy groups -OCH3 is 1. The first-order valence-electron chi connectivity index (χ1n) is 7.27. The molecule has 1 atom stereocenters. The van der Waals surface area contributed by atoms with Crippen molar-refractivity contribution in [2.45, 2.75) is 19.4 Å². The second kappa shape index (κ2) is 7.14. The first kappa shape index (κ1) is 15.4. The molecule has 112 valence electrons. The van der Waals surface area contributed by atoms with E-state index in [-0.39, 0.29) is 6.04 Å². The number of ether oxygens (including phenoxy) is 1. The fourth-order valence-corrected chi connectivity index (χ4v) is 2.29. The Morgan fingerprint density at radius 1 is 1.14 bits per heavy atom. The molecule has 0 spiro atoms. The highest BCUT2D eigenvalue weighted by molar-refractivity contribution is 5.50. The van der Waals surface area contributed by atoms with E-state index in [1.54, 1.807) is 7.11 Å². The van der Waals surface area contributed by atoms with Crippen molar-refractivity contribution >= 4 is 5.69 Å². The fourth-order valence-electron chi connectivity index (χ4n) is 2.29. The van der Waals surface area contributed by atoms with Crippen LogP contribution < -0.4 is 15.4 Å². The number of hydrogen-bond acceptors (Lipinski definition) is 3. The summed E-state index contributed by atoms with van der Waals surface area (Å²) < 4.78 is 5.26. The summed E-state index contributed by atoms with van der Waals surface area (Å²) in [6.07, 6.45) is 0.913. The Hall–Kier alpha value is -2.00. The Labute approximate surface area is 127 Å². The molecule has 0 fully saturated rings. The van der Waals surface area contributed by atoms with Crippen molar-refractivity contribution in [2.24, 2.45) is 5.73 Å². The summed E-state index contributed by atoms with van der Waals surface area (Å²) in [6, 6.07) is 16.6. The van der Waals surface area contributed by atoms with Gasteiger partial charge in [0.05, 0.1) is 7.11 Å². The minimum atomic E-state index is 0.0682. The van der Waals surface area contributed by atoms with Crippen LogP contribution in [0.4, 0.5) is 5.69 Å². The van der Waals surface area contributed by atoms with Gasteiger partial charge in [0.15, 0.2) is 0 Å². The molecule has 0 aliphatic carbocycles. The van der Waals surface area contributed by atoms with E-state index in [1.807, 2.05) is 18.2 Å². The van der Waals surface area contributed by atoms with Gasteiger partial charge in [-0.15, -0.1) is 0 Å². The zero-order chi connectivity index (χ0) is 15.2. The highest BCUT2D eigenvalue weighted by atomic mass is 16.5. The zero-order valence-electron chi connectivity index (χ0n) is 13.0. The van der Waals surface area contributed by atoms with E-state index in [1.165, 1.54) is 11.1 Å². The van der Waals surface area contributed by atoms with E-state index in [2.05, 4.69) is 49.2 Å². The van der Waals surface area contributed by atoms with Crippen LogP contribution in [0, 0.1) is 6.92 Å². The topological polar surface area (TPSA) is 38.5 Å². The quantitative estimate of drug-likeness (QED) is 0.882. The summed E-state index contributed by atoms with van der Waals surface area (Å²) in [5.41, 5.74) is 9.88. The molecule has 0 amide bonds. The molecule has 1 unspecified atom stereocenters. The molecular weight excluding hydrogens is 260 g/mol. The summed E-state index contributed by atoms with van der Waals surface area (Å²) in [6.45, 7) is 2.99. The zero-order valence-corrected chi connectivity index (χ0v) is 13.0. The van der Waals surface area contributed by atoms with E-state index in [4.69, 9.17) is 10.5 Å². The van der Waals surface area contributed by atoms with Crippen LogP contribution in [-0.4, -0.2) is 20.7 Å². The van der Waals surface area contributed by atoms with Gasteiger partial charge in [-0.2, -0.15) is 0 Å². The molecule has 0 aromatic heterocycles. The molecule has 0 radical (unpaired) electrons. The van der Waals surface area contributed by atoms with Crippen LogP contribution in [0.2, 0.25) is 0 Å². The van der Waals surface area contributed by atoms with Crippen LogP contribution in [-0.2, 0) is 0 Å². The van der Waals surface area contributed by atoms with Crippen LogP contribution >= 0.6 is 0 Å². The summed E-state index contributed by atoms with van der Waals surface area (Å²) in [5, 5.41) is 0. The molecule has 2 rings (SSSR count). The monoisotopic (exact) mass is 284 g/mol. The Morgan fingerprint density at radius 3 is 2.52 bits per heavy atom. The van der Waals surface area contributed by atoms with Gasteiger partial charge in [0.25, 0.3) is 0 Å². The fraction of sp³-hybridized carbons (Fsp3) is 0.333. The third-order valence-corrected chi connectivity index (χ3v) is 3.78. The molecule has 2 N–H and O–H groups in total. The third kappa shape index (κ3) is 4.23. The Kier molecular flexibility index (Phi) is 5.23. The van der Waals surface area contributed by atoms with Gasteiger partial charge in [0.1, 0.15) is 5.75 Å². The lowest BCUT2D eigenvalue weighted by atomic mass is 10.0. The number of benzene rings is 2. The number of nitrogens with two attached hydrogens (primary N) is 1.